The third-order valence-electron chi connectivity index (χ3n) is 3.46. The molecule has 4 nitrogen and oxygen atoms in total. The van der Waals surface area contributed by atoms with Gasteiger partial charge >= 0.3 is 6.03 Å². The molecule has 124 valence electrons. The van der Waals surface area contributed by atoms with Gasteiger partial charge in [0.2, 0.25) is 0 Å². The normalized spacial score (nSPS) is 13.5. The van der Waals surface area contributed by atoms with E-state index in [1.54, 1.807) is 0 Å². The number of carbonyl (C=O) groups is 1. The Morgan fingerprint density at radius 2 is 2.00 bits per heavy atom. The van der Waals surface area contributed by atoms with Gasteiger partial charge in [0.1, 0.15) is 0 Å². The highest BCUT2D eigenvalue weighted by Gasteiger charge is 2.09. The molecule has 1 rings (SSSR count). The van der Waals surface area contributed by atoms with Crippen LogP contribution in [0.3, 0.4) is 0 Å². The first-order chi connectivity index (χ1) is 10.4. The van der Waals surface area contributed by atoms with E-state index in [-0.39, 0.29) is 12.1 Å². The molecule has 0 aromatic heterocycles. The largest absolute Gasteiger partial charge is 0.393 e. The molecule has 0 fully saturated rings. The number of benzene rings is 1. The average Bonchev–Trinajstić information content (AvgIpc) is 2.48. The summed E-state index contributed by atoms with van der Waals surface area (Å²) >= 11 is 0. The number of aliphatic hydroxyl groups excluding tert-OH is 1. The number of amides is 2. The molecule has 2 unspecified atom stereocenters. The molecule has 2 atom stereocenters. The van der Waals surface area contributed by atoms with E-state index in [2.05, 4.69) is 10.6 Å². The summed E-state index contributed by atoms with van der Waals surface area (Å²) < 4.78 is 25.9. The molecule has 0 heterocycles. The van der Waals surface area contributed by atoms with Crippen LogP contribution in [0.25, 0.3) is 0 Å². The molecule has 0 saturated carbocycles. The van der Waals surface area contributed by atoms with Crippen LogP contribution < -0.4 is 10.6 Å². The standard InChI is InChI=1S/C16H24F2N2O2/c1-3-13(21)8-9-19-16(22)20-11(2)4-5-12-6-7-14(17)15(18)10-12/h6-7,10-11,13,21H,3-5,8-9H2,1-2H3,(H2,19,20,22). The zero-order chi connectivity index (χ0) is 16.5. The summed E-state index contributed by atoms with van der Waals surface area (Å²) in [5.41, 5.74) is 0.694. The number of urea groups is 1. The Labute approximate surface area is 129 Å². The van der Waals surface area contributed by atoms with Crippen LogP contribution in [0.1, 0.15) is 38.7 Å². The molecular weight excluding hydrogens is 290 g/mol. The topological polar surface area (TPSA) is 61.4 Å². The van der Waals surface area contributed by atoms with E-state index in [9.17, 15) is 18.7 Å². The van der Waals surface area contributed by atoms with Crippen LogP contribution in [-0.2, 0) is 6.42 Å². The lowest BCUT2D eigenvalue weighted by Gasteiger charge is -2.15. The zero-order valence-electron chi connectivity index (χ0n) is 13.0. The molecule has 0 aliphatic heterocycles. The Kier molecular flexibility index (Phi) is 7.80. The fourth-order valence-electron chi connectivity index (χ4n) is 1.98. The van der Waals surface area contributed by atoms with Gasteiger partial charge in [0.15, 0.2) is 11.6 Å². The van der Waals surface area contributed by atoms with E-state index >= 15 is 0 Å². The van der Waals surface area contributed by atoms with Crippen molar-refractivity contribution in [2.75, 3.05) is 6.54 Å². The second-order valence-electron chi connectivity index (χ2n) is 5.44. The Morgan fingerprint density at radius 1 is 1.27 bits per heavy atom. The molecule has 0 saturated heterocycles. The lowest BCUT2D eigenvalue weighted by molar-refractivity contribution is 0.160. The van der Waals surface area contributed by atoms with E-state index in [1.807, 2.05) is 13.8 Å². The summed E-state index contributed by atoms with van der Waals surface area (Å²) in [7, 11) is 0. The number of aryl methyl sites for hydroxylation is 1. The quantitative estimate of drug-likeness (QED) is 0.691. The number of hydrogen-bond acceptors (Lipinski definition) is 2. The molecule has 1 aromatic carbocycles. The fraction of sp³-hybridized carbons (Fsp3) is 0.562. The number of aliphatic hydroxyl groups is 1. The van der Waals surface area contributed by atoms with Crippen molar-refractivity contribution in [1.29, 1.82) is 0 Å². The van der Waals surface area contributed by atoms with Gasteiger partial charge in [-0.25, -0.2) is 13.6 Å². The summed E-state index contributed by atoms with van der Waals surface area (Å²) in [6.07, 6.45) is 1.95. The molecule has 1 aromatic rings. The van der Waals surface area contributed by atoms with E-state index < -0.39 is 17.7 Å². The van der Waals surface area contributed by atoms with Gasteiger partial charge in [-0.3, -0.25) is 0 Å². The minimum absolute atomic E-state index is 0.0933. The molecule has 0 aliphatic rings. The lowest BCUT2D eigenvalue weighted by Crippen LogP contribution is -2.41. The van der Waals surface area contributed by atoms with Crippen LogP contribution in [0.15, 0.2) is 18.2 Å². The van der Waals surface area contributed by atoms with Gasteiger partial charge in [0.25, 0.3) is 0 Å². The van der Waals surface area contributed by atoms with Gasteiger partial charge in [-0.2, -0.15) is 0 Å². The van der Waals surface area contributed by atoms with Crippen LogP contribution in [0.2, 0.25) is 0 Å². The van der Waals surface area contributed by atoms with Gasteiger partial charge in [0.05, 0.1) is 6.10 Å². The Morgan fingerprint density at radius 3 is 2.64 bits per heavy atom. The van der Waals surface area contributed by atoms with Crippen molar-refractivity contribution >= 4 is 6.03 Å². The van der Waals surface area contributed by atoms with Crippen molar-refractivity contribution < 1.29 is 18.7 Å². The monoisotopic (exact) mass is 314 g/mol. The van der Waals surface area contributed by atoms with Crippen molar-refractivity contribution in [3.63, 3.8) is 0 Å². The maximum absolute atomic E-state index is 13.1. The summed E-state index contributed by atoms with van der Waals surface area (Å²) in [6, 6.07) is 3.44. The van der Waals surface area contributed by atoms with Crippen molar-refractivity contribution in [3.8, 4) is 0 Å². The number of halogens is 2. The highest BCUT2D eigenvalue weighted by atomic mass is 19.2. The predicted octanol–water partition coefficient (Wildman–Crippen LogP) is 2.75. The number of carbonyl (C=O) groups excluding carboxylic acids is 1. The molecule has 0 aliphatic carbocycles. The van der Waals surface area contributed by atoms with Crippen LogP contribution >= 0.6 is 0 Å². The third-order valence-corrected chi connectivity index (χ3v) is 3.46. The predicted molar refractivity (Wildman–Crippen MR) is 81.6 cm³/mol. The molecule has 0 radical (unpaired) electrons. The van der Waals surface area contributed by atoms with E-state index in [4.69, 9.17) is 0 Å². The molecule has 0 bridgehead atoms. The summed E-state index contributed by atoms with van der Waals surface area (Å²) in [6.45, 7) is 4.14. The second-order valence-corrected chi connectivity index (χ2v) is 5.44. The summed E-state index contributed by atoms with van der Waals surface area (Å²) in [5, 5.41) is 14.8. The van der Waals surface area contributed by atoms with Gasteiger partial charge in [-0.05, 0) is 50.3 Å². The first kappa shape index (κ1) is 18.4. The SMILES string of the molecule is CCC(O)CCNC(=O)NC(C)CCc1ccc(F)c(F)c1. The summed E-state index contributed by atoms with van der Waals surface area (Å²) in [4.78, 5) is 11.6. The Balaban J connectivity index is 2.26. The average molecular weight is 314 g/mol. The van der Waals surface area contributed by atoms with E-state index in [1.165, 1.54) is 12.1 Å². The fourth-order valence-corrected chi connectivity index (χ4v) is 1.98. The van der Waals surface area contributed by atoms with Gasteiger partial charge in [0, 0.05) is 12.6 Å². The van der Waals surface area contributed by atoms with Gasteiger partial charge < -0.3 is 15.7 Å². The highest BCUT2D eigenvalue weighted by molar-refractivity contribution is 5.74. The lowest BCUT2D eigenvalue weighted by atomic mass is 10.1. The minimum atomic E-state index is -0.858. The summed E-state index contributed by atoms with van der Waals surface area (Å²) in [5.74, 6) is -1.71. The number of rotatable bonds is 8. The zero-order valence-corrected chi connectivity index (χ0v) is 13.0. The third kappa shape index (κ3) is 6.85. The van der Waals surface area contributed by atoms with Crippen molar-refractivity contribution in [1.82, 2.24) is 10.6 Å². The number of hydrogen-bond donors (Lipinski definition) is 3. The smallest absolute Gasteiger partial charge is 0.314 e. The molecular formula is C16H24F2N2O2. The molecule has 22 heavy (non-hydrogen) atoms. The van der Waals surface area contributed by atoms with Crippen LogP contribution in [0.4, 0.5) is 13.6 Å². The first-order valence-electron chi connectivity index (χ1n) is 7.58. The van der Waals surface area contributed by atoms with E-state index in [0.717, 1.165) is 6.07 Å². The Hall–Kier alpha value is -1.69. The maximum atomic E-state index is 13.1. The van der Waals surface area contributed by atoms with Crippen LogP contribution in [0, 0.1) is 11.6 Å². The van der Waals surface area contributed by atoms with Crippen LogP contribution in [0.5, 0.6) is 0 Å². The second kappa shape index (κ2) is 9.35. The molecule has 0 spiro atoms. The van der Waals surface area contributed by atoms with Crippen molar-refractivity contribution in [3.05, 3.63) is 35.4 Å². The molecule has 3 N–H and O–H groups in total. The number of nitrogens with one attached hydrogen (secondary N) is 2. The minimum Gasteiger partial charge on any atom is -0.393 e. The van der Waals surface area contributed by atoms with E-state index in [0.29, 0.717) is 37.8 Å². The van der Waals surface area contributed by atoms with Crippen LogP contribution in [-0.4, -0.2) is 29.8 Å². The molecule has 2 amide bonds. The van der Waals surface area contributed by atoms with Gasteiger partial charge in [-0.15, -0.1) is 0 Å². The van der Waals surface area contributed by atoms with Crippen molar-refractivity contribution in [2.24, 2.45) is 0 Å². The van der Waals surface area contributed by atoms with Crippen molar-refractivity contribution in [2.45, 2.75) is 51.7 Å². The highest BCUT2D eigenvalue weighted by Crippen LogP contribution is 2.11. The molecule has 6 heteroatoms. The maximum Gasteiger partial charge on any atom is 0.314 e. The Bertz CT molecular complexity index is 483. The first-order valence-corrected chi connectivity index (χ1v) is 7.58. The van der Waals surface area contributed by atoms with Gasteiger partial charge in [-0.1, -0.05) is 13.0 Å².